The number of morpholine rings is 1. The topological polar surface area (TPSA) is 77.9 Å². The van der Waals surface area contributed by atoms with Gasteiger partial charge in [0.25, 0.3) is 0 Å². The van der Waals surface area contributed by atoms with Crippen LogP contribution in [0.25, 0.3) is 11.1 Å². The van der Waals surface area contributed by atoms with E-state index in [2.05, 4.69) is 10.2 Å². The SMILES string of the molecule is Cc1ccc(NC(=O)N2CC[C@@H](CC(F)(F)F)C2)cc1-c1cc(CCO)nc(N2CCOCC2)c1. The number of aryl methyl sites for hydroxylation is 1. The molecule has 2 aromatic rings. The van der Waals surface area contributed by atoms with Crippen LogP contribution in [0.1, 0.15) is 24.1 Å². The lowest BCUT2D eigenvalue weighted by molar-refractivity contribution is -0.143. The quantitative estimate of drug-likeness (QED) is 0.631. The maximum atomic E-state index is 12.7. The fourth-order valence-corrected chi connectivity index (χ4v) is 4.65. The number of hydrogen-bond donors (Lipinski definition) is 2. The second-order valence-electron chi connectivity index (χ2n) is 9.16. The Labute approximate surface area is 202 Å². The number of carbonyl (C=O) groups excluding carboxylic acids is 1. The Bertz CT molecular complexity index is 1040. The molecule has 1 atom stereocenters. The minimum absolute atomic E-state index is 0.0146. The monoisotopic (exact) mass is 492 g/mol. The van der Waals surface area contributed by atoms with Crippen LogP contribution in [0, 0.1) is 12.8 Å². The van der Waals surface area contributed by atoms with Crippen molar-refractivity contribution >= 4 is 17.5 Å². The number of anilines is 2. The van der Waals surface area contributed by atoms with Crippen molar-refractivity contribution in [3.63, 3.8) is 0 Å². The highest BCUT2D eigenvalue weighted by molar-refractivity contribution is 5.90. The molecule has 10 heteroatoms. The number of nitrogens with one attached hydrogen (secondary N) is 1. The molecule has 2 amide bonds. The van der Waals surface area contributed by atoms with E-state index in [1.165, 1.54) is 4.90 Å². The van der Waals surface area contributed by atoms with Gasteiger partial charge in [0.2, 0.25) is 0 Å². The number of alkyl halides is 3. The number of urea groups is 1. The molecule has 0 radical (unpaired) electrons. The zero-order valence-corrected chi connectivity index (χ0v) is 19.8. The molecule has 3 heterocycles. The van der Waals surface area contributed by atoms with E-state index in [0.29, 0.717) is 38.3 Å². The van der Waals surface area contributed by atoms with Gasteiger partial charge in [0.1, 0.15) is 5.82 Å². The molecule has 0 saturated carbocycles. The van der Waals surface area contributed by atoms with Gasteiger partial charge >= 0.3 is 12.2 Å². The molecule has 1 aromatic carbocycles. The Morgan fingerprint density at radius 3 is 2.69 bits per heavy atom. The molecule has 2 fully saturated rings. The normalized spacial score (nSPS) is 18.7. The summed E-state index contributed by atoms with van der Waals surface area (Å²) in [6, 6.07) is 9.12. The number of amides is 2. The minimum atomic E-state index is -4.22. The second kappa shape index (κ2) is 10.8. The molecule has 0 unspecified atom stereocenters. The summed E-state index contributed by atoms with van der Waals surface area (Å²) >= 11 is 0. The third kappa shape index (κ3) is 6.64. The summed E-state index contributed by atoms with van der Waals surface area (Å²) in [5, 5.41) is 12.3. The smallest absolute Gasteiger partial charge is 0.389 e. The highest BCUT2D eigenvalue weighted by Crippen LogP contribution is 2.32. The van der Waals surface area contributed by atoms with Crippen molar-refractivity contribution in [1.29, 1.82) is 0 Å². The van der Waals surface area contributed by atoms with Gasteiger partial charge in [-0.3, -0.25) is 0 Å². The van der Waals surface area contributed by atoms with Gasteiger partial charge in [-0.1, -0.05) is 6.07 Å². The largest absolute Gasteiger partial charge is 0.396 e. The maximum absolute atomic E-state index is 12.7. The Balaban J connectivity index is 1.53. The van der Waals surface area contributed by atoms with Crippen LogP contribution in [0.15, 0.2) is 30.3 Å². The minimum Gasteiger partial charge on any atom is -0.396 e. The van der Waals surface area contributed by atoms with E-state index < -0.39 is 24.5 Å². The highest BCUT2D eigenvalue weighted by atomic mass is 19.4. The van der Waals surface area contributed by atoms with Gasteiger partial charge in [0, 0.05) is 57.0 Å². The van der Waals surface area contributed by atoms with Crippen LogP contribution in [-0.2, 0) is 11.2 Å². The number of ether oxygens (including phenoxy) is 1. The van der Waals surface area contributed by atoms with Crippen molar-refractivity contribution < 1.29 is 27.8 Å². The fraction of sp³-hybridized carbons (Fsp3) is 0.520. The molecule has 2 aliphatic rings. The molecular formula is C25H31F3N4O3. The van der Waals surface area contributed by atoms with Gasteiger partial charge in [0.15, 0.2) is 0 Å². The number of likely N-dealkylation sites (tertiary alicyclic amines) is 1. The number of aromatic nitrogens is 1. The molecule has 0 bridgehead atoms. The van der Waals surface area contributed by atoms with Crippen LogP contribution < -0.4 is 10.2 Å². The zero-order valence-electron chi connectivity index (χ0n) is 19.8. The molecule has 2 aliphatic heterocycles. The van der Waals surface area contributed by atoms with E-state index in [1.54, 1.807) is 6.07 Å². The standard InChI is InChI=1S/C25H31F3N4O3/c1-17-2-3-20(30-24(34)32-6-4-18(16-32)15-25(26,27)28)14-22(17)19-12-21(5-9-33)29-23(13-19)31-7-10-35-11-8-31/h2-3,12-14,18,33H,4-11,15-16H2,1H3,(H,30,34)/t18-/m0/s1. The summed E-state index contributed by atoms with van der Waals surface area (Å²) in [7, 11) is 0. The lowest BCUT2D eigenvalue weighted by atomic mass is 9.99. The molecule has 190 valence electrons. The van der Waals surface area contributed by atoms with Crippen molar-refractivity contribution in [1.82, 2.24) is 9.88 Å². The van der Waals surface area contributed by atoms with Gasteiger partial charge in [-0.2, -0.15) is 13.2 Å². The third-order valence-corrected chi connectivity index (χ3v) is 6.46. The number of aliphatic hydroxyl groups excluding tert-OH is 1. The first-order chi connectivity index (χ1) is 16.7. The molecule has 35 heavy (non-hydrogen) atoms. The fourth-order valence-electron chi connectivity index (χ4n) is 4.65. The van der Waals surface area contributed by atoms with Crippen molar-refractivity contribution in [2.45, 2.75) is 32.4 Å². The van der Waals surface area contributed by atoms with Crippen LogP contribution in [0.5, 0.6) is 0 Å². The number of nitrogens with zero attached hydrogens (tertiary/aromatic N) is 3. The number of halogens is 3. The maximum Gasteiger partial charge on any atom is 0.389 e. The number of benzene rings is 1. The summed E-state index contributed by atoms with van der Waals surface area (Å²) in [6.45, 7) is 5.09. The predicted molar refractivity (Wildman–Crippen MR) is 128 cm³/mol. The predicted octanol–water partition coefficient (Wildman–Crippen LogP) is 4.23. The van der Waals surface area contributed by atoms with E-state index in [-0.39, 0.29) is 13.2 Å². The number of pyridine rings is 1. The number of hydrogen-bond acceptors (Lipinski definition) is 5. The molecule has 0 spiro atoms. The van der Waals surface area contributed by atoms with Gasteiger partial charge < -0.3 is 25.0 Å². The summed E-state index contributed by atoms with van der Waals surface area (Å²) < 4.78 is 43.6. The molecule has 1 aromatic heterocycles. The van der Waals surface area contributed by atoms with Crippen molar-refractivity contribution in [3.8, 4) is 11.1 Å². The molecular weight excluding hydrogens is 461 g/mol. The van der Waals surface area contributed by atoms with Gasteiger partial charge in [-0.05, 0) is 60.2 Å². The Hall–Kier alpha value is -2.85. The van der Waals surface area contributed by atoms with E-state index >= 15 is 0 Å². The summed E-state index contributed by atoms with van der Waals surface area (Å²) in [4.78, 5) is 21.0. The van der Waals surface area contributed by atoms with E-state index in [1.807, 2.05) is 31.2 Å². The number of aliphatic hydroxyl groups is 1. The van der Waals surface area contributed by atoms with Gasteiger partial charge in [-0.25, -0.2) is 9.78 Å². The van der Waals surface area contributed by atoms with Crippen molar-refractivity contribution in [3.05, 3.63) is 41.6 Å². The Morgan fingerprint density at radius 1 is 1.20 bits per heavy atom. The van der Waals surface area contributed by atoms with Crippen molar-refractivity contribution in [2.24, 2.45) is 5.92 Å². The van der Waals surface area contributed by atoms with Crippen molar-refractivity contribution in [2.75, 3.05) is 56.2 Å². The first kappa shape index (κ1) is 25.2. The zero-order chi connectivity index (χ0) is 25.0. The van der Waals surface area contributed by atoms with Crippen LogP contribution in [0.2, 0.25) is 0 Å². The average Bonchev–Trinajstić information content (AvgIpc) is 3.28. The molecule has 4 rings (SSSR count). The first-order valence-corrected chi connectivity index (χ1v) is 11.9. The van der Waals surface area contributed by atoms with Gasteiger partial charge in [-0.15, -0.1) is 0 Å². The van der Waals surface area contributed by atoms with Gasteiger partial charge in [0.05, 0.1) is 13.2 Å². The summed E-state index contributed by atoms with van der Waals surface area (Å²) in [5.74, 6) is 0.255. The first-order valence-electron chi connectivity index (χ1n) is 11.9. The Kier molecular flexibility index (Phi) is 7.81. The number of rotatable bonds is 6. The molecule has 2 N–H and O–H groups in total. The summed E-state index contributed by atoms with van der Waals surface area (Å²) in [6.07, 6.45) is -4.31. The molecule has 7 nitrogen and oxygen atoms in total. The van der Waals surface area contributed by atoms with Crippen LogP contribution >= 0.6 is 0 Å². The molecule has 0 aliphatic carbocycles. The van der Waals surface area contributed by atoms with E-state index in [4.69, 9.17) is 9.72 Å². The van der Waals surface area contributed by atoms with E-state index in [9.17, 15) is 23.1 Å². The average molecular weight is 493 g/mol. The lowest BCUT2D eigenvalue weighted by Gasteiger charge is -2.28. The second-order valence-corrected chi connectivity index (χ2v) is 9.16. The number of carbonyl (C=O) groups is 1. The Morgan fingerprint density at radius 2 is 1.97 bits per heavy atom. The van der Waals surface area contributed by atoms with Crippen LogP contribution in [0.4, 0.5) is 29.5 Å². The third-order valence-electron chi connectivity index (χ3n) is 6.46. The van der Waals surface area contributed by atoms with E-state index in [0.717, 1.165) is 41.3 Å². The van der Waals surface area contributed by atoms with Crippen LogP contribution in [0.3, 0.4) is 0 Å². The highest BCUT2D eigenvalue weighted by Gasteiger charge is 2.36. The van der Waals surface area contributed by atoms with Crippen LogP contribution in [-0.4, -0.2) is 73.2 Å². The summed E-state index contributed by atoms with van der Waals surface area (Å²) in [5.41, 5.74) is 4.18. The lowest BCUT2D eigenvalue weighted by Crippen LogP contribution is -2.36. The molecule has 2 saturated heterocycles.